The maximum absolute atomic E-state index is 10.7. The molecule has 2 unspecified atom stereocenters. The Hall–Kier alpha value is -1.52. The highest BCUT2D eigenvalue weighted by Crippen LogP contribution is 2.62. The van der Waals surface area contributed by atoms with Gasteiger partial charge in [-0.2, -0.15) is 0 Å². The van der Waals surface area contributed by atoms with Crippen LogP contribution >= 0.6 is 0 Å². The van der Waals surface area contributed by atoms with Gasteiger partial charge in [-0.25, -0.2) is 0 Å². The monoisotopic (exact) mass is 307 g/mol. The molecule has 1 saturated heterocycles. The first-order valence-corrected chi connectivity index (χ1v) is 7.43. The number of rotatable bonds is 1. The van der Waals surface area contributed by atoms with Gasteiger partial charge in [0.25, 0.3) is 0 Å². The molecule has 0 amide bonds. The molecule has 0 radical (unpaired) electrons. The van der Waals surface area contributed by atoms with Gasteiger partial charge in [-0.1, -0.05) is 18.2 Å². The number of methoxy groups -OCH3 is 1. The van der Waals surface area contributed by atoms with Gasteiger partial charge in [0.1, 0.15) is 12.2 Å². The van der Waals surface area contributed by atoms with Crippen LogP contribution in [0.4, 0.5) is 0 Å². The highest BCUT2D eigenvalue weighted by atomic mass is 16.5. The highest BCUT2D eigenvalue weighted by molar-refractivity contribution is 5.62. The fourth-order valence-corrected chi connectivity index (χ4v) is 4.65. The molecule has 2 aliphatic carbocycles. The summed E-state index contributed by atoms with van der Waals surface area (Å²) in [5.41, 5.74) is -0.0257. The summed E-state index contributed by atoms with van der Waals surface area (Å²) >= 11 is 0. The summed E-state index contributed by atoms with van der Waals surface area (Å²) in [4.78, 5) is 1.19. The molecule has 0 saturated carbocycles. The number of aliphatic hydroxyl groups excluding tert-OH is 1. The van der Waals surface area contributed by atoms with Crippen LogP contribution in [-0.2, 0) is 11.8 Å². The second kappa shape index (κ2) is 4.06. The van der Waals surface area contributed by atoms with Crippen molar-refractivity contribution in [2.45, 2.75) is 36.5 Å². The fraction of sp³-hybridized carbons (Fsp3) is 0.556. The third-order valence-electron chi connectivity index (χ3n) is 5.51. The van der Waals surface area contributed by atoms with E-state index < -0.39 is 43.5 Å². The van der Waals surface area contributed by atoms with E-state index in [0.29, 0.717) is 11.1 Å². The SMILES string of the molecule is [2H]C([2H])([2H])Oc1ccc2c3c1OC1([2H])C(O)C=C[C@H]4[C@@]([2H])(C2)N(C([2H])([2H])[2H])CC[C@@]341. The minimum atomic E-state index is -2.73. The second-order valence-electron chi connectivity index (χ2n) is 6.34. The summed E-state index contributed by atoms with van der Waals surface area (Å²) in [5, 5.41) is 10.7. The van der Waals surface area contributed by atoms with Crippen LogP contribution in [0.5, 0.6) is 11.5 Å². The largest absolute Gasteiger partial charge is 0.493 e. The molecule has 1 aromatic rings. The highest BCUT2D eigenvalue weighted by Gasteiger charge is 2.64. The van der Waals surface area contributed by atoms with Gasteiger partial charge in [-0.05, 0) is 38.0 Å². The Bertz CT molecular complexity index is 962. The van der Waals surface area contributed by atoms with Gasteiger partial charge in [0.2, 0.25) is 0 Å². The van der Waals surface area contributed by atoms with E-state index in [1.807, 2.05) is 0 Å². The Kier molecular flexibility index (Phi) is 1.36. The molecule has 2 heterocycles. The van der Waals surface area contributed by atoms with E-state index in [1.165, 1.54) is 17.0 Å². The van der Waals surface area contributed by atoms with Crippen LogP contribution in [0.3, 0.4) is 0 Å². The van der Waals surface area contributed by atoms with Gasteiger partial charge in [0.15, 0.2) is 11.5 Å². The molecule has 4 heteroatoms. The van der Waals surface area contributed by atoms with Crippen molar-refractivity contribution >= 4 is 0 Å². The summed E-state index contributed by atoms with van der Waals surface area (Å²) in [6.45, 7) is -2.48. The number of benzene rings is 1. The van der Waals surface area contributed by atoms with Crippen molar-refractivity contribution in [2.24, 2.45) is 5.92 Å². The molecule has 1 aromatic carbocycles. The van der Waals surface area contributed by atoms with Crippen molar-refractivity contribution in [2.75, 3.05) is 20.6 Å². The molecule has 0 aromatic heterocycles. The Balaban J connectivity index is 1.79. The first-order valence-electron chi connectivity index (χ1n) is 11.4. The van der Waals surface area contributed by atoms with E-state index in [-0.39, 0.29) is 30.9 Å². The number of hydrogen-bond acceptors (Lipinski definition) is 4. The summed E-state index contributed by atoms with van der Waals surface area (Å²) in [7, 11) is -2.73. The number of likely N-dealkylation sites (tertiary alicyclic amines) is 1. The van der Waals surface area contributed by atoms with E-state index in [0.717, 1.165) is 0 Å². The van der Waals surface area contributed by atoms with Crippen LogP contribution < -0.4 is 9.47 Å². The molecule has 4 nitrogen and oxygen atoms in total. The maximum atomic E-state index is 10.7. The predicted octanol–water partition coefficient (Wildman–Crippen LogP) is 1.50. The van der Waals surface area contributed by atoms with Crippen molar-refractivity contribution in [3.05, 3.63) is 35.4 Å². The molecule has 1 spiro atoms. The zero-order valence-corrected chi connectivity index (χ0v) is 11.8. The van der Waals surface area contributed by atoms with Crippen molar-refractivity contribution in [1.82, 2.24) is 4.90 Å². The lowest BCUT2D eigenvalue weighted by Gasteiger charge is -2.56. The minimum absolute atomic E-state index is 0.0181. The molecule has 2 bridgehead atoms. The lowest BCUT2D eigenvalue weighted by Crippen LogP contribution is -2.64. The topological polar surface area (TPSA) is 41.9 Å². The molecule has 4 aliphatic rings. The van der Waals surface area contributed by atoms with E-state index in [1.54, 1.807) is 12.1 Å². The number of piperidine rings is 1. The zero-order valence-electron chi connectivity index (χ0n) is 19.8. The van der Waals surface area contributed by atoms with Crippen LogP contribution in [0, 0.1) is 5.92 Å². The van der Waals surface area contributed by atoms with Crippen LogP contribution in [0.25, 0.3) is 0 Å². The molecular formula is C18H21NO3. The summed E-state index contributed by atoms with van der Waals surface area (Å²) in [6, 6.07) is 1.46. The van der Waals surface area contributed by atoms with E-state index in [4.69, 9.17) is 19.1 Å². The number of nitrogens with zero attached hydrogens (tertiary/aromatic N) is 1. The fourth-order valence-electron chi connectivity index (χ4n) is 4.65. The Morgan fingerprint density at radius 1 is 1.50 bits per heavy atom. The average molecular weight is 307 g/mol. The van der Waals surface area contributed by atoms with Gasteiger partial charge in [0.05, 0.1) is 12.5 Å². The van der Waals surface area contributed by atoms with E-state index in [9.17, 15) is 6.48 Å². The Morgan fingerprint density at radius 2 is 2.45 bits per heavy atom. The average Bonchev–Trinajstić information content (AvgIpc) is 2.85. The van der Waals surface area contributed by atoms with Crippen LogP contribution in [0.15, 0.2) is 24.3 Å². The third kappa shape index (κ3) is 1.28. The molecular weight excluding hydrogens is 278 g/mol. The summed E-state index contributed by atoms with van der Waals surface area (Å²) < 4.78 is 75.7. The lowest BCUT2D eigenvalue weighted by atomic mass is 9.53. The van der Waals surface area contributed by atoms with Gasteiger partial charge >= 0.3 is 0 Å². The Morgan fingerprint density at radius 3 is 3.32 bits per heavy atom. The second-order valence-corrected chi connectivity index (χ2v) is 6.34. The van der Waals surface area contributed by atoms with E-state index in [2.05, 4.69) is 0 Å². The third-order valence-corrected chi connectivity index (χ3v) is 5.51. The molecule has 1 fully saturated rings. The van der Waals surface area contributed by atoms with Gasteiger partial charge in [-0.3, -0.25) is 0 Å². The smallest absolute Gasteiger partial charge is 0.165 e. The molecule has 5 atom stereocenters. The quantitative estimate of drug-likeness (QED) is 0.799. The van der Waals surface area contributed by atoms with Gasteiger partial charge < -0.3 is 19.5 Å². The molecule has 5 rings (SSSR count). The van der Waals surface area contributed by atoms with Gasteiger partial charge in [0, 0.05) is 28.4 Å². The van der Waals surface area contributed by atoms with Crippen molar-refractivity contribution in [3.63, 3.8) is 0 Å². The molecule has 1 N–H and O–H groups in total. The van der Waals surface area contributed by atoms with Gasteiger partial charge in [-0.15, -0.1) is 0 Å². The predicted molar refractivity (Wildman–Crippen MR) is 82.5 cm³/mol. The minimum Gasteiger partial charge on any atom is -0.493 e. The number of likely N-dealkylation sites (N-methyl/N-ethyl adjacent to an activating group) is 1. The van der Waals surface area contributed by atoms with Crippen LogP contribution in [-0.4, -0.2) is 48.8 Å². The van der Waals surface area contributed by atoms with Crippen LogP contribution in [0.1, 0.15) is 28.5 Å². The van der Waals surface area contributed by atoms with Crippen molar-refractivity contribution < 1.29 is 25.5 Å². The summed E-state index contributed by atoms with van der Waals surface area (Å²) in [6.07, 6.45) is -0.0287. The molecule has 116 valence electrons. The Labute approximate surface area is 141 Å². The normalized spacial score (nSPS) is 54.2. The lowest BCUT2D eigenvalue weighted by molar-refractivity contribution is -0.0453. The first-order chi connectivity index (χ1) is 13.7. The van der Waals surface area contributed by atoms with E-state index >= 15 is 0 Å². The van der Waals surface area contributed by atoms with Crippen molar-refractivity contribution in [1.29, 1.82) is 0 Å². The number of ether oxygens (including phenoxy) is 2. The number of aliphatic hydroxyl groups is 1. The summed E-state index contributed by atoms with van der Waals surface area (Å²) in [5.74, 6) is -0.696. The van der Waals surface area contributed by atoms with Crippen LogP contribution in [0.2, 0.25) is 0 Å². The zero-order chi connectivity index (χ0) is 21.9. The number of hydrogen-bond donors (Lipinski definition) is 1. The molecule has 22 heavy (non-hydrogen) atoms. The molecule has 2 aliphatic heterocycles. The first kappa shape index (κ1) is 7.37. The standard InChI is InChI=1S/C18H21NO3/c1-19-8-7-18-11-4-5-13(20)17(18)22-16-14(21-2)6-3-10(15(16)18)9-12(11)19/h3-6,11-13,17,20H,7-9H2,1-2H3/t11-,12+,13?,17?,18-/m0/s1/i1D3,2D3,12D,17D. The van der Waals surface area contributed by atoms with Crippen molar-refractivity contribution in [3.8, 4) is 11.5 Å². The maximum Gasteiger partial charge on any atom is 0.165 e.